The van der Waals surface area contributed by atoms with Crippen molar-refractivity contribution in [1.82, 2.24) is 10.2 Å². The molecular formula is C15H24N2O2. The van der Waals surface area contributed by atoms with Gasteiger partial charge >= 0.3 is 0 Å². The Hall–Kier alpha value is -1.10. The van der Waals surface area contributed by atoms with E-state index in [0.29, 0.717) is 6.10 Å². The number of likely N-dealkylation sites (N-methyl/N-ethyl adjacent to an activating group) is 1. The molecular weight excluding hydrogens is 240 g/mol. The lowest BCUT2D eigenvalue weighted by Crippen LogP contribution is -2.46. The van der Waals surface area contributed by atoms with Crippen molar-refractivity contribution in [3.63, 3.8) is 0 Å². The van der Waals surface area contributed by atoms with E-state index in [1.807, 2.05) is 18.2 Å². The van der Waals surface area contributed by atoms with E-state index in [2.05, 4.69) is 23.2 Å². The summed E-state index contributed by atoms with van der Waals surface area (Å²) in [6.45, 7) is 7.92. The van der Waals surface area contributed by atoms with Gasteiger partial charge in [0.2, 0.25) is 0 Å². The number of hydrogen-bond donors (Lipinski definition) is 1. The van der Waals surface area contributed by atoms with Gasteiger partial charge in [-0.1, -0.05) is 25.1 Å². The van der Waals surface area contributed by atoms with E-state index in [0.717, 1.165) is 45.1 Å². The molecule has 1 unspecified atom stereocenters. The van der Waals surface area contributed by atoms with Gasteiger partial charge in [0, 0.05) is 31.7 Å². The van der Waals surface area contributed by atoms with Crippen LogP contribution in [0.1, 0.15) is 12.5 Å². The minimum Gasteiger partial charge on any atom is -0.496 e. The smallest absolute Gasteiger partial charge is 0.123 e. The van der Waals surface area contributed by atoms with Crippen molar-refractivity contribution in [2.24, 2.45) is 0 Å². The van der Waals surface area contributed by atoms with Crippen LogP contribution in [0.3, 0.4) is 0 Å². The summed E-state index contributed by atoms with van der Waals surface area (Å²) >= 11 is 0. The van der Waals surface area contributed by atoms with Crippen molar-refractivity contribution in [2.45, 2.75) is 19.6 Å². The summed E-state index contributed by atoms with van der Waals surface area (Å²) < 4.78 is 11.1. The van der Waals surface area contributed by atoms with Crippen LogP contribution in [-0.4, -0.2) is 50.9 Å². The van der Waals surface area contributed by atoms with Crippen LogP contribution in [0, 0.1) is 0 Å². The minimum atomic E-state index is 0.295. The first kappa shape index (κ1) is 14.3. The maximum atomic E-state index is 5.77. The van der Waals surface area contributed by atoms with Crippen LogP contribution < -0.4 is 10.1 Å². The highest BCUT2D eigenvalue weighted by Crippen LogP contribution is 2.16. The first-order valence-electron chi connectivity index (χ1n) is 7.00. The van der Waals surface area contributed by atoms with Gasteiger partial charge in [0.15, 0.2) is 0 Å². The molecule has 1 fully saturated rings. The van der Waals surface area contributed by atoms with Crippen LogP contribution in [0.2, 0.25) is 0 Å². The summed E-state index contributed by atoms with van der Waals surface area (Å²) in [5.41, 5.74) is 1.19. The average molecular weight is 264 g/mol. The molecule has 1 aliphatic heterocycles. The molecule has 0 bridgehead atoms. The molecule has 0 amide bonds. The summed E-state index contributed by atoms with van der Waals surface area (Å²) in [5.74, 6) is 0.940. The normalized spacial score (nSPS) is 20.4. The molecule has 106 valence electrons. The second-order valence-electron chi connectivity index (χ2n) is 4.83. The molecule has 1 heterocycles. The quantitative estimate of drug-likeness (QED) is 0.844. The number of nitrogens with zero attached hydrogens (tertiary/aromatic N) is 1. The number of benzene rings is 1. The number of ether oxygens (including phenoxy) is 2. The fourth-order valence-electron chi connectivity index (χ4n) is 2.41. The molecule has 1 N–H and O–H groups in total. The van der Waals surface area contributed by atoms with Gasteiger partial charge in [0.05, 0.1) is 19.8 Å². The highest BCUT2D eigenvalue weighted by Gasteiger charge is 2.18. The molecule has 1 atom stereocenters. The number of morpholine rings is 1. The lowest BCUT2D eigenvalue weighted by molar-refractivity contribution is -0.0253. The van der Waals surface area contributed by atoms with Gasteiger partial charge in [0.25, 0.3) is 0 Å². The number of hydrogen-bond acceptors (Lipinski definition) is 4. The SMILES string of the molecule is CCN1CCOC(CNCc2ccccc2OC)C1. The lowest BCUT2D eigenvalue weighted by atomic mass is 10.2. The summed E-state index contributed by atoms with van der Waals surface area (Å²) in [6, 6.07) is 8.11. The molecule has 19 heavy (non-hydrogen) atoms. The number of nitrogens with one attached hydrogen (secondary N) is 1. The Balaban J connectivity index is 1.77. The van der Waals surface area contributed by atoms with Crippen LogP contribution in [0.4, 0.5) is 0 Å². The molecule has 0 aliphatic carbocycles. The fraction of sp³-hybridized carbons (Fsp3) is 0.600. The van der Waals surface area contributed by atoms with E-state index in [1.165, 1.54) is 5.56 Å². The Kier molecular flexibility index (Phi) is 5.63. The highest BCUT2D eigenvalue weighted by atomic mass is 16.5. The standard InChI is InChI=1S/C15H24N2O2/c1-3-17-8-9-19-14(12-17)11-16-10-13-6-4-5-7-15(13)18-2/h4-7,14,16H,3,8-12H2,1-2H3. The Morgan fingerprint density at radius 2 is 2.26 bits per heavy atom. The summed E-state index contributed by atoms with van der Waals surface area (Å²) in [7, 11) is 1.71. The topological polar surface area (TPSA) is 33.7 Å². The summed E-state index contributed by atoms with van der Waals surface area (Å²) in [6.07, 6.45) is 0.295. The maximum Gasteiger partial charge on any atom is 0.123 e. The summed E-state index contributed by atoms with van der Waals surface area (Å²) in [5, 5.41) is 3.46. The van der Waals surface area contributed by atoms with Gasteiger partial charge in [-0.05, 0) is 12.6 Å². The molecule has 2 rings (SSSR count). The van der Waals surface area contributed by atoms with Gasteiger partial charge in [-0.3, -0.25) is 4.90 Å². The van der Waals surface area contributed by atoms with E-state index in [1.54, 1.807) is 7.11 Å². The second kappa shape index (κ2) is 7.48. The van der Waals surface area contributed by atoms with Gasteiger partial charge < -0.3 is 14.8 Å². The number of para-hydroxylation sites is 1. The Bertz CT molecular complexity index is 384. The van der Waals surface area contributed by atoms with Crippen molar-refractivity contribution in [1.29, 1.82) is 0 Å². The van der Waals surface area contributed by atoms with Crippen molar-refractivity contribution in [2.75, 3.05) is 39.9 Å². The monoisotopic (exact) mass is 264 g/mol. The first-order chi connectivity index (χ1) is 9.33. The van der Waals surface area contributed by atoms with E-state index < -0.39 is 0 Å². The van der Waals surface area contributed by atoms with Crippen molar-refractivity contribution in [3.8, 4) is 5.75 Å². The molecule has 1 saturated heterocycles. The molecule has 4 nitrogen and oxygen atoms in total. The molecule has 0 radical (unpaired) electrons. The predicted molar refractivity (Wildman–Crippen MR) is 76.6 cm³/mol. The predicted octanol–water partition coefficient (Wildman–Crippen LogP) is 1.51. The molecule has 1 aromatic rings. The van der Waals surface area contributed by atoms with E-state index in [9.17, 15) is 0 Å². The molecule has 0 aromatic heterocycles. The van der Waals surface area contributed by atoms with E-state index in [-0.39, 0.29) is 0 Å². The van der Waals surface area contributed by atoms with Crippen LogP contribution >= 0.6 is 0 Å². The molecule has 0 saturated carbocycles. The zero-order chi connectivity index (χ0) is 13.5. The molecule has 4 heteroatoms. The van der Waals surface area contributed by atoms with Gasteiger partial charge in [-0.15, -0.1) is 0 Å². The van der Waals surface area contributed by atoms with E-state index in [4.69, 9.17) is 9.47 Å². The number of methoxy groups -OCH3 is 1. The fourth-order valence-corrected chi connectivity index (χ4v) is 2.41. The van der Waals surface area contributed by atoms with Crippen molar-refractivity contribution >= 4 is 0 Å². The third kappa shape index (κ3) is 4.20. The molecule has 1 aromatic carbocycles. The Morgan fingerprint density at radius 3 is 3.05 bits per heavy atom. The van der Waals surface area contributed by atoms with Crippen molar-refractivity contribution < 1.29 is 9.47 Å². The average Bonchev–Trinajstić information content (AvgIpc) is 2.48. The Labute approximate surface area is 115 Å². The number of rotatable bonds is 6. The molecule has 0 spiro atoms. The van der Waals surface area contributed by atoms with Gasteiger partial charge in [-0.25, -0.2) is 0 Å². The third-order valence-electron chi connectivity index (χ3n) is 3.55. The van der Waals surface area contributed by atoms with Crippen LogP contribution in [0.25, 0.3) is 0 Å². The zero-order valence-corrected chi connectivity index (χ0v) is 11.9. The van der Waals surface area contributed by atoms with Crippen LogP contribution in [0.15, 0.2) is 24.3 Å². The van der Waals surface area contributed by atoms with Gasteiger partial charge in [0.1, 0.15) is 5.75 Å². The summed E-state index contributed by atoms with van der Waals surface area (Å²) in [4.78, 5) is 2.43. The third-order valence-corrected chi connectivity index (χ3v) is 3.55. The van der Waals surface area contributed by atoms with Crippen LogP contribution in [0.5, 0.6) is 5.75 Å². The van der Waals surface area contributed by atoms with E-state index >= 15 is 0 Å². The largest absolute Gasteiger partial charge is 0.496 e. The minimum absolute atomic E-state index is 0.295. The highest BCUT2D eigenvalue weighted by molar-refractivity contribution is 5.32. The zero-order valence-electron chi connectivity index (χ0n) is 11.9. The first-order valence-corrected chi connectivity index (χ1v) is 7.00. The van der Waals surface area contributed by atoms with Crippen molar-refractivity contribution in [3.05, 3.63) is 29.8 Å². The van der Waals surface area contributed by atoms with Gasteiger partial charge in [-0.2, -0.15) is 0 Å². The van der Waals surface area contributed by atoms with Crippen LogP contribution in [-0.2, 0) is 11.3 Å². The molecule has 1 aliphatic rings. The maximum absolute atomic E-state index is 5.77. The lowest BCUT2D eigenvalue weighted by Gasteiger charge is -2.32. The second-order valence-corrected chi connectivity index (χ2v) is 4.83. The Morgan fingerprint density at radius 1 is 1.42 bits per heavy atom.